The SMILES string of the molecule is CC(C)N1CCC(Nc2ccc(S(C)(=O)=O)cc2)C1. The molecule has 0 amide bonds. The normalized spacial score (nSPS) is 20.9. The van der Waals surface area contributed by atoms with Crippen LogP contribution < -0.4 is 5.32 Å². The van der Waals surface area contributed by atoms with Crippen LogP contribution in [0, 0.1) is 0 Å². The Labute approximate surface area is 115 Å². The number of sulfone groups is 1. The van der Waals surface area contributed by atoms with Gasteiger partial charge < -0.3 is 5.32 Å². The van der Waals surface area contributed by atoms with Crippen LogP contribution in [0.5, 0.6) is 0 Å². The second-order valence-electron chi connectivity index (χ2n) is 5.52. The van der Waals surface area contributed by atoms with Gasteiger partial charge in [0.05, 0.1) is 4.90 Å². The van der Waals surface area contributed by atoms with E-state index in [2.05, 4.69) is 24.1 Å². The van der Waals surface area contributed by atoms with Crippen molar-refractivity contribution in [2.45, 2.75) is 37.2 Å². The van der Waals surface area contributed by atoms with Crippen molar-refractivity contribution in [1.29, 1.82) is 0 Å². The summed E-state index contributed by atoms with van der Waals surface area (Å²) >= 11 is 0. The Morgan fingerprint density at radius 2 is 1.89 bits per heavy atom. The van der Waals surface area contributed by atoms with Gasteiger partial charge in [-0.3, -0.25) is 4.90 Å². The topological polar surface area (TPSA) is 49.4 Å². The summed E-state index contributed by atoms with van der Waals surface area (Å²) in [6.07, 6.45) is 2.36. The van der Waals surface area contributed by atoms with Gasteiger partial charge in [0, 0.05) is 37.1 Å². The maximum atomic E-state index is 11.4. The Kier molecular flexibility index (Phi) is 4.16. The molecule has 1 atom stereocenters. The second-order valence-corrected chi connectivity index (χ2v) is 7.53. The maximum absolute atomic E-state index is 11.4. The number of rotatable bonds is 4. The maximum Gasteiger partial charge on any atom is 0.175 e. The summed E-state index contributed by atoms with van der Waals surface area (Å²) in [7, 11) is -3.10. The zero-order valence-corrected chi connectivity index (χ0v) is 12.6. The highest BCUT2D eigenvalue weighted by atomic mass is 32.2. The van der Waals surface area contributed by atoms with Gasteiger partial charge in [-0.25, -0.2) is 8.42 Å². The first-order chi connectivity index (χ1) is 8.86. The van der Waals surface area contributed by atoms with E-state index in [1.165, 1.54) is 6.26 Å². The van der Waals surface area contributed by atoms with Crippen LogP contribution in [-0.4, -0.2) is 44.7 Å². The number of likely N-dealkylation sites (tertiary alicyclic amines) is 1. The number of nitrogens with one attached hydrogen (secondary N) is 1. The van der Waals surface area contributed by atoms with Gasteiger partial charge in [0.25, 0.3) is 0 Å². The average Bonchev–Trinajstić information content (AvgIpc) is 2.77. The first-order valence-corrected chi connectivity index (χ1v) is 8.56. The van der Waals surface area contributed by atoms with Crippen molar-refractivity contribution in [2.75, 3.05) is 24.7 Å². The van der Waals surface area contributed by atoms with Gasteiger partial charge in [0.2, 0.25) is 0 Å². The van der Waals surface area contributed by atoms with Gasteiger partial charge in [-0.1, -0.05) is 0 Å². The molecule has 0 saturated carbocycles. The predicted molar refractivity (Wildman–Crippen MR) is 78.3 cm³/mol. The quantitative estimate of drug-likeness (QED) is 0.917. The van der Waals surface area contributed by atoms with Crippen LogP contribution >= 0.6 is 0 Å². The zero-order valence-electron chi connectivity index (χ0n) is 11.8. The molecule has 19 heavy (non-hydrogen) atoms. The van der Waals surface area contributed by atoms with Gasteiger partial charge >= 0.3 is 0 Å². The zero-order chi connectivity index (χ0) is 14.0. The molecule has 1 saturated heterocycles. The van der Waals surface area contributed by atoms with E-state index in [4.69, 9.17) is 0 Å². The molecule has 4 nitrogen and oxygen atoms in total. The summed E-state index contributed by atoms with van der Waals surface area (Å²) < 4.78 is 22.8. The van der Waals surface area contributed by atoms with Crippen LogP contribution in [0.1, 0.15) is 20.3 Å². The van der Waals surface area contributed by atoms with Gasteiger partial charge in [0.1, 0.15) is 0 Å². The van der Waals surface area contributed by atoms with Gasteiger partial charge in [-0.2, -0.15) is 0 Å². The highest BCUT2D eigenvalue weighted by Crippen LogP contribution is 2.19. The van der Waals surface area contributed by atoms with Gasteiger partial charge in [-0.15, -0.1) is 0 Å². The minimum absolute atomic E-state index is 0.369. The van der Waals surface area contributed by atoms with E-state index in [9.17, 15) is 8.42 Å². The summed E-state index contributed by atoms with van der Waals surface area (Å²) in [5.41, 5.74) is 0.989. The molecule has 0 aliphatic carbocycles. The van der Waals surface area contributed by atoms with Crippen molar-refractivity contribution in [2.24, 2.45) is 0 Å². The van der Waals surface area contributed by atoms with Crippen molar-refractivity contribution in [3.8, 4) is 0 Å². The van der Waals surface area contributed by atoms with Crippen molar-refractivity contribution in [3.63, 3.8) is 0 Å². The summed E-state index contributed by atoms with van der Waals surface area (Å²) in [6.45, 7) is 6.59. The number of nitrogens with zero attached hydrogens (tertiary/aromatic N) is 1. The number of anilines is 1. The van der Waals surface area contributed by atoms with E-state index >= 15 is 0 Å². The second kappa shape index (κ2) is 5.51. The molecule has 0 bridgehead atoms. The van der Waals surface area contributed by atoms with Crippen LogP contribution in [0.4, 0.5) is 5.69 Å². The lowest BCUT2D eigenvalue weighted by atomic mass is 10.2. The third kappa shape index (κ3) is 3.70. The summed E-state index contributed by atoms with van der Waals surface area (Å²) in [6, 6.07) is 8.04. The van der Waals surface area contributed by atoms with Crippen LogP contribution in [0.25, 0.3) is 0 Å². The monoisotopic (exact) mass is 282 g/mol. The molecule has 1 aromatic carbocycles. The van der Waals surface area contributed by atoms with Crippen LogP contribution in [0.15, 0.2) is 29.2 Å². The summed E-state index contributed by atoms with van der Waals surface area (Å²) in [4.78, 5) is 2.82. The third-order valence-corrected chi connectivity index (χ3v) is 4.73. The van der Waals surface area contributed by atoms with E-state index in [0.29, 0.717) is 17.0 Å². The molecule has 0 radical (unpaired) electrons. The lowest BCUT2D eigenvalue weighted by Gasteiger charge is -2.20. The first-order valence-electron chi connectivity index (χ1n) is 6.67. The predicted octanol–water partition coefficient (Wildman–Crippen LogP) is 1.98. The van der Waals surface area contributed by atoms with E-state index in [0.717, 1.165) is 25.2 Å². The summed E-state index contributed by atoms with van der Waals surface area (Å²) in [5.74, 6) is 0. The van der Waals surface area contributed by atoms with Crippen LogP contribution in [0.2, 0.25) is 0 Å². The molecule has 1 N–H and O–H groups in total. The van der Waals surface area contributed by atoms with E-state index < -0.39 is 9.84 Å². The number of hydrogen-bond acceptors (Lipinski definition) is 4. The molecule has 1 aromatic rings. The standard InChI is InChI=1S/C14H22N2O2S/c1-11(2)16-9-8-13(10-16)15-12-4-6-14(7-5-12)19(3,17)18/h4-7,11,13,15H,8-10H2,1-3H3. The Bertz CT molecular complexity index is 523. The Balaban J connectivity index is 1.98. The summed E-state index contributed by atoms with van der Waals surface area (Å²) in [5, 5.41) is 3.47. The van der Waals surface area contributed by atoms with Crippen molar-refractivity contribution < 1.29 is 8.42 Å². The molecule has 2 rings (SSSR count). The molecule has 1 aliphatic heterocycles. The van der Waals surface area contributed by atoms with Crippen LogP contribution in [0.3, 0.4) is 0 Å². The molecule has 1 heterocycles. The smallest absolute Gasteiger partial charge is 0.175 e. The van der Waals surface area contributed by atoms with E-state index in [1.54, 1.807) is 12.1 Å². The molecular weight excluding hydrogens is 260 g/mol. The van der Waals surface area contributed by atoms with E-state index in [-0.39, 0.29) is 0 Å². The molecule has 0 spiro atoms. The molecule has 0 aromatic heterocycles. The highest BCUT2D eigenvalue weighted by Gasteiger charge is 2.23. The van der Waals surface area contributed by atoms with Crippen molar-refractivity contribution in [3.05, 3.63) is 24.3 Å². The average molecular weight is 282 g/mol. The first kappa shape index (κ1) is 14.3. The fourth-order valence-electron chi connectivity index (χ4n) is 2.41. The molecule has 1 aliphatic rings. The molecular formula is C14H22N2O2S. The van der Waals surface area contributed by atoms with Gasteiger partial charge in [-0.05, 0) is 44.5 Å². The van der Waals surface area contributed by atoms with Crippen LogP contribution in [-0.2, 0) is 9.84 Å². The Morgan fingerprint density at radius 1 is 1.26 bits per heavy atom. The molecule has 106 valence electrons. The number of benzene rings is 1. The van der Waals surface area contributed by atoms with E-state index in [1.807, 2.05) is 12.1 Å². The fraction of sp³-hybridized carbons (Fsp3) is 0.571. The third-order valence-electron chi connectivity index (χ3n) is 3.60. The molecule has 5 heteroatoms. The minimum atomic E-state index is -3.10. The van der Waals surface area contributed by atoms with Crippen molar-refractivity contribution in [1.82, 2.24) is 4.90 Å². The molecule has 1 unspecified atom stereocenters. The fourth-order valence-corrected chi connectivity index (χ4v) is 3.04. The van der Waals surface area contributed by atoms with Crippen molar-refractivity contribution >= 4 is 15.5 Å². The molecule has 1 fully saturated rings. The highest BCUT2D eigenvalue weighted by molar-refractivity contribution is 7.90. The Hall–Kier alpha value is -1.07. The minimum Gasteiger partial charge on any atom is -0.381 e. The number of hydrogen-bond donors (Lipinski definition) is 1. The lowest BCUT2D eigenvalue weighted by Crippen LogP contribution is -2.31. The largest absolute Gasteiger partial charge is 0.381 e. The van der Waals surface area contributed by atoms with Gasteiger partial charge in [0.15, 0.2) is 9.84 Å². The lowest BCUT2D eigenvalue weighted by molar-refractivity contribution is 0.274. The Morgan fingerprint density at radius 3 is 2.37 bits per heavy atom.